The van der Waals surface area contributed by atoms with Gasteiger partial charge in [-0.3, -0.25) is 0 Å². The van der Waals surface area contributed by atoms with Crippen LogP contribution < -0.4 is 0 Å². The van der Waals surface area contributed by atoms with E-state index in [-0.39, 0.29) is 11.7 Å². The van der Waals surface area contributed by atoms with E-state index in [1.807, 2.05) is 12.1 Å². The molecule has 0 aromatic heterocycles. The van der Waals surface area contributed by atoms with Crippen molar-refractivity contribution in [3.8, 4) is 0 Å². The monoisotopic (exact) mass is 295 g/mol. The Hall–Kier alpha value is -1.46. The molecule has 1 aliphatic heterocycles. The van der Waals surface area contributed by atoms with E-state index in [4.69, 9.17) is 0 Å². The van der Waals surface area contributed by atoms with Crippen LogP contribution in [0.2, 0.25) is 0 Å². The van der Waals surface area contributed by atoms with E-state index in [0.717, 1.165) is 38.0 Å². The van der Waals surface area contributed by atoms with E-state index in [2.05, 4.69) is 9.64 Å². The lowest BCUT2D eigenvalue weighted by atomic mass is 9.91. The van der Waals surface area contributed by atoms with Gasteiger partial charge in [0.05, 0.1) is 7.11 Å². The number of hydrogen-bond acceptors (Lipinski definition) is 4. The number of ether oxygens (including phenoxy) is 1. The lowest BCUT2D eigenvalue weighted by Gasteiger charge is -2.33. The van der Waals surface area contributed by atoms with Gasteiger partial charge < -0.3 is 14.7 Å². The Bertz CT molecular complexity index is 472. The van der Waals surface area contributed by atoms with Gasteiger partial charge in [-0.2, -0.15) is 0 Å². The summed E-state index contributed by atoms with van der Waals surface area (Å²) < 4.78 is 18.1. The Morgan fingerprint density at radius 1 is 1.43 bits per heavy atom. The quantitative estimate of drug-likeness (QED) is 0.839. The van der Waals surface area contributed by atoms with Gasteiger partial charge in [-0.1, -0.05) is 18.2 Å². The average Bonchev–Trinajstić information content (AvgIpc) is 2.53. The van der Waals surface area contributed by atoms with Crippen molar-refractivity contribution < 1.29 is 19.0 Å². The fraction of sp³-hybridized carbons (Fsp3) is 0.562. The molecule has 0 saturated carbocycles. The van der Waals surface area contributed by atoms with Crippen LogP contribution in [0.4, 0.5) is 4.39 Å². The Morgan fingerprint density at radius 3 is 2.71 bits per heavy atom. The van der Waals surface area contributed by atoms with Gasteiger partial charge in [-0.15, -0.1) is 0 Å². The first kappa shape index (κ1) is 15.9. The minimum atomic E-state index is -1.02. The molecule has 5 heteroatoms. The predicted molar refractivity (Wildman–Crippen MR) is 77.3 cm³/mol. The molecule has 4 nitrogen and oxygen atoms in total. The Morgan fingerprint density at radius 2 is 2.10 bits per heavy atom. The zero-order chi connectivity index (χ0) is 15.2. The number of carbonyl (C=O) groups excluding carboxylic acids is 1. The Labute approximate surface area is 124 Å². The number of piperidine rings is 1. The van der Waals surface area contributed by atoms with Crippen molar-refractivity contribution in [3.63, 3.8) is 0 Å². The zero-order valence-corrected chi connectivity index (χ0v) is 12.3. The Kier molecular flexibility index (Phi) is 5.70. The lowest BCUT2D eigenvalue weighted by Crippen LogP contribution is -2.41. The second-order valence-electron chi connectivity index (χ2n) is 5.49. The summed E-state index contributed by atoms with van der Waals surface area (Å²) in [6, 6.07) is 6.83. The van der Waals surface area contributed by atoms with Crippen LogP contribution in [0.5, 0.6) is 0 Å². The van der Waals surface area contributed by atoms with Crippen LogP contribution in [0.25, 0.3) is 0 Å². The van der Waals surface area contributed by atoms with E-state index in [1.54, 1.807) is 6.07 Å². The van der Waals surface area contributed by atoms with Crippen LogP contribution in [0.1, 0.15) is 18.4 Å². The maximum atomic E-state index is 13.5. The number of carbonyl (C=O) groups is 1. The minimum absolute atomic E-state index is 0.0397. The van der Waals surface area contributed by atoms with Crippen molar-refractivity contribution in [2.24, 2.45) is 5.92 Å². The molecule has 1 fully saturated rings. The molecule has 1 saturated heterocycles. The fourth-order valence-electron chi connectivity index (χ4n) is 2.79. The average molecular weight is 295 g/mol. The normalized spacial score (nSPS) is 18.4. The van der Waals surface area contributed by atoms with E-state index in [9.17, 15) is 14.3 Å². The minimum Gasteiger partial charge on any atom is -0.467 e. The molecular weight excluding hydrogens is 273 g/mol. The fourth-order valence-corrected chi connectivity index (χ4v) is 2.79. The number of methoxy groups -OCH3 is 1. The van der Waals surface area contributed by atoms with E-state index in [1.165, 1.54) is 13.2 Å². The number of likely N-dealkylation sites (tertiary alicyclic amines) is 1. The van der Waals surface area contributed by atoms with Gasteiger partial charge in [0, 0.05) is 6.54 Å². The number of aliphatic hydroxyl groups excluding tert-OH is 1. The topological polar surface area (TPSA) is 49.8 Å². The maximum absolute atomic E-state index is 13.5. The standard InChI is InChI=1S/C16H22FNO3/c1-21-16(20)15(19)13-7-10-18(11-8-13)9-6-12-4-2-3-5-14(12)17/h2-5,13,15,19H,6-11H2,1H3. The van der Waals surface area contributed by atoms with Crippen molar-refractivity contribution in [2.45, 2.75) is 25.4 Å². The van der Waals surface area contributed by atoms with Gasteiger partial charge in [0.1, 0.15) is 5.82 Å². The van der Waals surface area contributed by atoms with Crippen LogP contribution in [0.3, 0.4) is 0 Å². The maximum Gasteiger partial charge on any atom is 0.334 e. The molecular formula is C16H22FNO3. The first-order chi connectivity index (χ1) is 10.1. The molecule has 1 aromatic rings. The number of esters is 1. The van der Waals surface area contributed by atoms with Gasteiger partial charge >= 0.3 is 5.97 Å². The summed E-state index contributed by atoms with van der Waals surface area (Å²) in [7, 11) is 1.29. The highest BCUT2D eigenvalue weighted by Gasteiger charge is 2.30. The molecule has 1 atom stereocenters. The second-order valence-corrected chi connectivity index (χ2v) is 5.49. The van der Waals surface area contributed by atoms with Crippen LogP contribution in [-0.4, -0.2) is 48.8 Å². The molecule has 0 radical (unpaired) electrons. The highest BCUT2D eigenvalue weighted by Crippen LogP contribution is 2.21. The summed E-state index contributed by atoms with van der Waals surface area (Å²) in [5.74, 6) is -0.754. The van der Waals surface area contributed by atoms with Crippen LogP contribution in [0, 0.1) is 11.7 Å². The van der Waals surface area contributed by atoms with Gasteiger partial charge in [-0.05, 0) is 49.9 Å². The molecule has 1 aromatic carbocycles. The summed E-state index contributed by atoms with van der Waals surface area (Å²) in [5.41, 5.74) is 0.731. The van der Waals surface area contributed by atoms with Crippen molar-refractivity contribution >= 4 is 5.97 Å². The first-order valence-electron chi connectivity index (χ1n) is 7.33. The zero-order valence-electron chi connectivity index (χ0n) is 12.3. The van der Waals surface area contributed by atoms with Crippen LogP contribution >= 0.6 is 0 Å². The third-order valence-electron chi connectivity index (χ3n) is 4.18. The summed E-state index contributed by atoms with van der Waals surface area (Å²) in [6.07, 6.45) is 1.17. The number of nitrogens with zero attached hydrogens (tertiary/aromatic N) is 1. The van der Waals surface area contributed by atoms with Gasteiger partial charge in [0.25, 0.3) is 0 Å². The molecule has 0 spiro atoms. The molecule has 1 N–H and O–H groups in total. The lowest BCUT2D eigenvalue weighted by molar-refractivity contribution is -0.154. The third kappa shape index (κ3) is 4.25. The summed E-state index contributed by atoms with van der Waals surface area (Å²) in [4.78, 5) is 13.6. The molecule has 0 bridgehead atoms. The number of benzene rings is 1. The second kappa shape index (κ2) is 7.52. The highest BCUT2D eigenvalue weighted by atomic mass is 19.1. The smallest absolute Gasteiger partial charge is 0.334 e. The van der Waals surface area contributed by atoms with Gasteiger partial charge in [0.15, 0.2) is 6.10 Å². The largest absolute Gasteiger partial charge is 0.467 e. The predicted octanol–water partition coefficient (Wildman–Crippen LogP) is 1.61. The van der Waals surface area contributed by atoms with Crippen molar-refractivity contribution in [1.29, 1.82) is 0 Å². The third-order valence-corrected chi connectivity index (χ3v) is 4.18. The SMILES string of the molecule is COC(=O)C(O)C1CCN(CCc2ccccc2F)CC1. The van der Waals surface area contributed by atoms with Crippen molar-refractivity contribution in [1.82, 2.24) is 4.90 Å². The molecule has 1 aliphatic rings. The van der Waals surface area contributed by atoms with E-state index < -0.39 is 12.1 Å². The molecule has 21 heavy (non-hydrogen) atoms. The molecule has 0 amide bonds. The number of halogens is 1. The molecule has 1 heterocycles. The summed E-state index contributed by atoms with van der Waals surface area (Å²) in [6.45, 7) is 2.42. The molecule has 1 unspecified atom stereocenters. The number of rotatable bonds is 5. The van der Waals surface area contributed by atoms with Crippen LogP contribution in [-0.2, 0) is 16.0 Å². The first-order valence-corrected chi connectivity index (χ1v) is 7.33. The molecule has 116 valence electrons. The van der Waals surface area contributed by atoms with E-state index in [0.29, 0.717) is 6.42 Å². The van der Waals surface area contributed by atoms with Gasteiger partial charge in [-0.25, -0.2) is 9.18 Å². The van der Waals surface area contributed by atoms with Crippen molar-refractivity contribution in [2.75, 3.05) is 26.7 Å². The Balaban J connectivity index is 1.77. The summed E-state index contributed by atoms with van der Waals surface area (Å²) in [5, 5.41) is 9.83. The highest BCUT2D eigenvalue weighted by molar-refractivity contribution is 5.74. The van der Waals surface area contributed by atoms with Crippen molar-refractivity contribution in [3.05, 3.63) is 35.6 Å². The molecule has 2 rings (SSSR count). The van der Waals surface area contributed by atoms with E-state index >= 15 is 0 Å². The van der Waals surface area contributed by atoms with Crippen LogP contribution in [0.15, 0.2) is 24.3 Å². The summed E-state index contributed by atoms with van der Waals surface area (Å²) >= 11 is 0. The molecule has 0 aliphatic carbocycles. The number of aliphatic hydroxyl groups is 1. The van der Waals surface area contributed by atoms with Gasteiger partial charge in [0.2, 0.25) is 0 Å². The number of hydrogen-bond donors (Lipinski definition) is 1.